The van der Waals surface area contributed by atoms with Crippen molar-refractivity contribution in [3.8, 4) is 0 Å². The Morgan fingerprint density at radius 2 is 2.29 bits per heavy atom. The smallest absolute Gasteiger partial charge is 0.246 e. The Balaban J connectivity index is 1.91. The van der Waals surface area contributed by atoms with E-state index in [-0.39, 0.29) is 5.91 Å². The zero-order valence-electron chi connectivity index (χ0n) is 9.49. The molecule has 1 saturated carbocycles. The van der Waals surface area contributed by atoms with Gasteiger partial charge in [-0.05, 0) is 31.4 Å². The van der Waals surface area contributed by atoms with Crippen LogP contribution in [0.3, 0.4) is 0 Å². The number of hydrogen-bond donors (Lipinski definition) is 2. The number of fused-ring (bicyclic) bond motifs is 1. The van der Waals surface area contributed by atoms with Crippen molar-refractivity contribution in [2.24, 2.45) is 5.73 Å². The molecular weight excluding hydrogens is 234 g/mol. The van der Waals surface area contributed by atoms with Crippen LogP contribution in [0.5, 0.6) is 0 Å². The first kappa shape index (κ1) is 10.7. The third-order valence-corrected chi connectivity index (χ3v) is 4.02. The summed E-state index contributed by atoms with van der Waals surface area (Å²) in [5.74, 6) is -0.116. The van der Waals surface area contributed by atoms with Crippen molar-refractivity contribution in [2.45, 2.75) is 25.3 Å². The van der Waals surface area contributed by atoms with Crippen molar-refractivity contribution < 1.29 is 4.79 Å². The summed E-state index contributed by atoms with van der Waals surface area (Å²) in [5.41, 5.74) is 7.25. The molecule has 1 fully saturated rings. The number of carbonyl (C=O) groups is 1. The van der Waals surface area contributed by atoms with E-state index in [4.69, 9.17) is 5.73 Å². The van der Waals surface area contributed by atoms with Gasteiger partial charge < -0.3 is 11.1 Å². The third-order valence-electron chi connectivity index (χ3n) is 3.08. The molecule has 1 amide bonds. The van der Waals surface area contributed by atoms with Crippen molar-refractivity contribution in [3.05, 3.63) is 23.8 Å². The number of aromatic nitrogens is 1. The number of nitrogens with two attached hydrogens (primary N) is 1. The van der Waals surface area contributed by atoms with Gasteiger partial charge in [-0.25, -0.2) is 4.98 Å². The normalized spacial score (nSPS) is 17.1. The van der Waals surface area contributed by atoms with E-state index in [9.17, 15) is 4.79 Å². The van der Waals surface area contributed by atoms with Gasteiger partial charge in [-0.15, -0.1) is 0 Å². The molecule has 5 heteroatoms. The Morgan fingerprint density at radius 3 is 2.94 bits per heavy atom. The molecule has 0 spiro atoms. The number of rotatable bonds is 2. The molecule has 17 heavy (non-hydrogen) atoms. The second-order valence-corrected chi connectivity index (χ2v) is 5.58. The summed E-state index contributed by atoms with van der Waals surface area (Å²) in [4.78, 5) is 16.2. The minimum absolute atomic E-state index is 0.116. The maximum Gasteiger partial charge on any atom is 0.246 e. The highest BCUT2D eigenvalue weighted by Gasteiger charge is 2.46. The van der Waals surface area contributed by atoms with Crippen LogP contribution in [0.2, 0.25) is 0 Å². The van der Waals surface area contributed by atoms with Crippen LogP contribution >= 0.6 is 11.3 Å². The number of amides is 1. The monoisotopic (exact) mass is 247 g/mol. The Labute approximate surface area is 103 Å². The van der Waals surface area contributed by atoms with Crippen molar-refractivity contribution in [3.63, 3.8) is 0 Å². The molecule has 0 bridgehead atoms. The number of para-hydroxylation sites is 1. The summed E-state index contributed by atoms with van der Waals surface area (Å²) in [6, 6.07) is 6.01. The minimum atomic E-state index is -0.646. The van der Waals surface area contributed by atoms with Gasteiger partial charge in [0.2, 0.25) is 5.91 Å². The van der Waals surface area contributed by atoms with Crippen LogP contribution < -0.4 is 11.1 Å². The quantitative estimate of drug-likeness (QED) is 0.853. The van der Waals surface area contributed by atoms with Crippen LogP contribution in [0.15, 0.2) is 18.2 Å². The Morgan fingerprint density at radius 1 is 1.53 bits per heavy atom. The molecule has 0 radical (unpaired) electrons. The fourth-order valence-corrected chi connectivity index (χ4v) is 2.66. The highest BCUT2D eigenvalue weighted by atomic mass is 32.1. The molecule has 4 nitrogen and oxygen atoms in total. The number of aryl methyl sites for hydroxylation is 1. The van der Waals surface area contributed by atoms with Gasteiger partial charge in [0.25, 0.3) is 0 Å². The number of nitrogens with one attached hydrogen (secondary N) is 1. The first-order valence-corrected chi connectivity index (χ1v) is 6.37. The van der Waals surface area contributed by atoms with Crippen molar-refractivity contribution in [1.29, 1.82) is 0 Å². The Kier molecular flexibility index (Phi) is 2.21. The molecule has 88 valence electrons. The largest absolute Gasteiger partial charge is 0.317 e. The third kappa shape index (κ3) is 1.81. The summed E-state index contributed by atoms with van der Waals surface area (Å²) >= 11 is 1.49. The fraction of sp³-hybridized carbons (Fsp3) is 0.333. The van der Waals surface area contributed by atoms with E-state index in [1.54, 1.807) is 0 Å². The average Bonchev–Trinajstić information content (AvgIpc) is 2.90. The summed E-state index contributed by atoms with van der Waals surface area (Å²) in [5, 5.41) is 3.44. The number of nitrogens with zero attached hydrogens (tertiary/aromatic N) is 1. The maximum atomic E-state index is 11.8. The molecule has 0 atom stereocenters. The predicted molar refractivity (Wildman–Crippen MR) is 69.1 cm³/mol. The van der Waals surface area contributed by atoms with Gasteiger partial charge in [-0.1, -0.05) is 23.5 Å². The van der Waals surface area contributed by atoms with Gasteiger partial charge in [-0.3, -0.25) is 4.79 Å². The van der Waals surface area contributed by atoms with Gasteiger partial charge in [0, 0.05) is 0 Å². The number of hydrogen-bond acceptors (Lipinski definition) is 4. The lowest BCUT2D eigenvalue weighted by molar-refractivity contribution is -0.118. The summed E-state index contributed by atoms with van der Waals surface area (Å²) in [6.07, 6.45) is 1.53. The highest BCUT2D eigenvalue weighted by molar-refractivity contribution is 7.22. The van der Waals surface area contributed by atoms with Gasteiger partial charge in [0.15, 0.2) is 5.13 Å². The Hall–Kier alpha value is -1.46. The molecular formula is C12H13N3OS. The second kappa shape index (κ2) is 3.51. The molecule has 0 aliphatic heterocycles. The van der Waals surface area contributed by atoms with Gasteiger partial charge in [0.1, 0.15) is 0 Å². The van der Waals surface area contributed by atoms with E-state index >= 15 is 0 Å². The van der Waals surface area contributed by atoms with E-state index in [1.807, 2.05) is 25.1 Å². The zero-order valence-corrected chi connectivity index (χ0v) is 10.3. The lowest BCUT2D eigenvalue weighted by Crippen LogP contribution is -2.37. The van der Waals surface area contributed by atoms with Crippen LogP contribution in [-0.4, -0.2) is 16.4 Å². The van der Waals surface area contributed by atoms with E-state index in [0.29, 0.717) is 5.13 Å². The van der Waals surface area contributed by atoms with Gasteiger partial charge in [0.05, 0.1) is 15.8 Å². The van der Waals surface area contributed by atoms with Crippen LogP contribution in [0, 0.1) is 6.92 Å². The molecule has 0 unspecified atom stereocenters. The predicted octanol–water partition coefficient (Wildman–Crippen LogP) is 2.03. The maximum absolute atomic E-state index is 11.8. The van der Waals surface area contributed by atoms with Crippen LogP contribution in [0.4, 0.5) is 5.13 Å². The SMILES string of the molecule is Cc1cccc2sc(NC(=O)C3(N)CC3)nc12. The second-order valence-electron chi connectivity index (χ2n) is 4.55. The van der Waals surface area contributed by atoms with E-state index in [0.717, 1.165) is 28.6 Å². The molecule has 1 aliphatic carbocycles. The molecule has 1 aliphatic rings. The van der Waals surface area contributed by atoms with Gasteiger partial charge >= 0.3 is 0 Å². The number of anilines is 1. The van der Waals surface area contributed by atoms with Crippen molar-refractivity contribution >= 4 is 32.6 Å². The molecule has 1 heterocycles. The first-order chi connectivity index (χ1) is 8.08. The zero-order chi connectivity index (χ0) is 12.0. The standard InChI is InChI=1S/C12H13N3OS/c1-7-3-2-4-8-9(7)14-11(17-8)15-10(16)12(13)5-6-12/h2-4H,5-6,13H2,1H3,(H,14,15,16). The lowest BCUT2D eigenvalue weighted by atomic mass is 10.2. The van der Waals surface area contributed by atoms with Gasteiger partial charge in [-0.2, -0.15) is 0 Å². The minimum Gasteiger partial charge on any atom is -0.317 e. The highest BCUT2D eigenvalue weighted by Crippen LogP contribution is 2.34. The van der Waals surface area contributed by atoms with Crippen LogP contribution in [0.1, 0.15) is 18.4 Å². The van der Waals surface area contributed by atoms with Crippen LogP contribution in [-0.2, 0) is 4.79 Å². The molecule has 3 rings (SSSR count). The molecule has 1 aromatic heterocycles. The summed E-state index contributed by atoms with van der Waals surface area (Å²) < 4.78 is 1.09. The number of carbonyl (C=O) groups excluding carboxylic acids is 1. The molecule has 0 saturated heterocycles. The number of benzene rings is 1. The first-order valence-electron chi connectivity index (χ1n) is 5.55. The van der Waals surface area contributed by atoms with Crippen molar-refractivity contribution in [2.75, 3.05) is 5.32 Å². The van der Waals surface area contributed by atoms with E-state index in [2.05, 4.69) is 10.3 Å². The topological polar surface area (TPSA) is 68.0 Å². The van der Waals surface area contributed by atoms with E-state index < -0.39 is 5.54 Å². The lowest BCUT2D eigenvalue weighted by Gasteiger charge is -2.06. The molecule has 3 N–H and O–H groups in total. The molecule has 1 aromatic carbocycles. The van der Waals surface area contributed by atoms with Crippen molar-refractivity contribution in [1.82, 2.24) is 4.98 Å². The fourth-order valence-electron chi connectivity index (χ4n) is 1.72. The average molecular weight is 247 g/mol. The summed E-state index contributed by atoms with van der Waals surface area (Å²) in [7, 11) is 0. The number of thiazole rings is 1. The summed E-state index contributed by atoms with van der Waals surface area (Å²) in [6.45, 7) is 2.01. The Bertz CT molecular complexity index is 601. The van der Waals surface area contributed by atoms with E-state index in [1.165, 1.54) is 11.3 Å². The van der Waals surface area contributed by atoms with Crippen LogP contribution in [0.25, 0.3) is 10.2 Å². The molecule has 2 aromatic rings.